The van der Waals surface area contributed by atoms with Crippen LogP contribution in [0.15, 0.2) is 48.8 Å². The van der Waals surface area contributed by atoms with E-state index in [-0.39, 0.29) is 11.9 Å². The van der Waals surface area contributed by atoms with E-state index in [0.717, 1.165) is 17.5 Å². The van der Waals surface area contributed by atoms with Crippen LogP contribution in [0.5, 0.6) is 0 Å². The number of rotatable bonds is 5. The van der Waals surface area contributed by atoms with Gasteiger partial charge in [0.15, 0.2) is 0 Å². The zero-order chi connectivity index (χ0) is 14.4. The summed E-state index contributed by atoms with van der Waals surface area (Å²) in [6, 6.07) is 12.0. The summed E-state index contributed by atoms with van der Waals surface area (Å²) in [5.41, 5.74) is 3.28. The van der Waals surface area contributed by atoms with Crippen LogP contribution < -0.4 is 5.32 Å². The molecule has 0 saturated heterocycles. The van der Waals surface area contributed by atoms with E-state index in [9.17, 15) is 4.79 Å². The van der Waals surface area contributed by atoms with Gasteiger partial charge in [0.1, 0.15) is 0 Å². The summed E-state index contributed by atoms with van der Waals surface area (Å²) >= 11 is 0. The van der Waals surface area contributed by atoms with Gasteiger partial charge < -0.3 is 5.32 Å². The Labute approximate surface area is 120 Å². The minimum Gasteiger partial charge on any atom is -0.345 e. The molecule has 1 aromatic heterocycles. The molecule has 0 spiro atoms. The van der Waals surface area contributed by atoms with Gasteiger partial charge in [-0.25, -0.2) is 0 Å². The summed E-state index contributed by atoms with van der Waals surface area (Å²) < 4.78 is 0. The van der Waals surface area contributed by atoms with Crippen molar-refractivity contribution >= 4 is 5.91 Å². The molecule has 0 fully saturated rings. The molecule has 3 nitrogen and oxygen atoms in total. The molecule has 2 aromatic rings. The third kappa shape index (κ3) is 3.67. The van der Waals surface area contributed by atoms with E-state index < -0.39 is 0 Å². The molecule has 1 N–H and O–H groups in total. The first-order valence-corrected chi connectivity index (χ1v) is 6.96. The van der Waals surface area contributed by atoms with E-state index in [0.29, 0.717) is 6.42 Å². The standard InChI is InChI=1S/C17H20N2O/c1-3-5-16(20)19-17(15-6-4-11-18-12-15)14-9-7-13(2)8-10-14/h4,6-12,17H,3,5H2,1-2H3,(H,19,20). The van der Waals surface area contributed by atoms with Crippen LogP contribution in [-0.2, 0) is 4.79 Å². The summed E-state index contributed by atoms with van der Waals surface area (Å²) in [6.07, 6.45) is 4.93. The Hall–Kier alpha value is -2.16. The fraction of sp³-hybridized carbons (Fsp3) is 0.294. The van der Waals surface area contributed by atoms with Gasteiger partial charge in [-0.1, -0.05) is 42.8 Å². The minimum absolute atomic E-state index is 0.0712. The van der Waals surface area contributed by atoms with Crippen molar-refractivity contribution in [2.24, 2.45) is 0 Å². The van der Waals surface area contributed by atoms with E-state index in [2.05, 4.69) is 41.5 Å². The van der Waals surface area contributed by atoms with E-state index in [1.165, 1.54) is 5.56 Å². The summed E-state index contributed by atoms with van der Waals surface area (Å²) in [4.78, 5) is 16.1. The highest BCUT2D eigenvalue weighted by Gasteiger charge is 2.16. The van der Waals surface area contributed by atoms with Crippen molar-refractivity contribution in [3.63, 3.8) is 0 Å². The molecule has 0 aliphatic carbocycles. The molecule has 3 heteroatoms. The first-order valence-electron chi connectivity index (χ1n) is 6.96. The second kappa shape index (κ2) is 6.85. The number of hydrogen-bond acceptors (Lipinski definition) is 2. The van der Waals surface area contributed by atoms with Gasteiger partial charge in [-0.05, 0) is 30.5 Å². The van der Waals surface area contributed by atoms with Gasteiger partial charge in [-0.2, -0.15) is 0 Å². The number of carbonyl (C=O) groups excluding carboxylic acids is 1. The third-order valence-corrected chi connectivity index (χ3v) is 3.21. The first kappa shape index (κ1) is 14.3. The lowest BCUT2D eigenvalue weighted by Gasteiger charge is -2.19. The van der Waals surface area contributed by atoms with Crippen molar-refractivity contribution < 1.29 is 4.79 Å². The van der Waals surface area contributed by atoms with Crippen LogP contribution in [0.25, 0.3) is 0 Å². The maximum atomic E-state index is 11.9. The highest BCUT2D eigenvalue weighted by atomic mass is 16.1. The molecule has 0 aliphatic heterocycles. The van der Waals surface area contributed by atoms with Crippen LogP contribution in [0.2, 0.25) is 0 Å². The second-order valence-electron chi connectivity index (χ2n) is 4.95. The van der Waals surface area contributed by atoms with Crippen LogP contribution in [0.1, 0.15) is 42.5 Å². The lowest BCUT2D eigenvalue weighted by atomic mass is 9.99. The molecule has 1 amide bonds. The second-order valence-corrected chi connectivity index (χ2v) is 4.95. The Kier molecular flexibility index (Phi) is 4.88. The third-order valence-electron chi connectivity index (χ3n) is 3.21. The highest BCUT2D eigenvalue weighted by Crippen LogP contribution is 2.22. The number of nitrogens with zero attached hydrogens (tertiary/aromatic N) is 1. The smallest absolute Gasteiger partial charge is 0.220 e. The van der Waals surface area contributed by atoms with Crippen molar-refractivity contribution in [2.75, 3.05) is 0 Å². The van der Waals surface area contributed by atoms with Crippen LogP contribution in [-0.4, -0.2) is 10.9 Å². The zero-order valence-electron chi connectivity index (χ0n) is 12.0. The molecule has 1 unspecified atom stereocenters. The average Bonchev–Trinajstić information content (AvgIpc) is 2.47. The van der Waals surface area contributed by atoms with Crippen LogP contribution in [0.4, 0.5) is 0 Å². The molecule has 1 heterocycles. The van der Waals surface area contributed by atoms with E-state index >= 15 is 0 Å². The minimum atomic E-state index is -0.136. The van der Waals surface area contributed by atoms with Gasteiger partial charge in [-0.3, -0.25) is 9.78 Å². The Bertz CT molecular complexity index is 549. The van der Waals surface area contributed by atoms with Gasteiger partial charge in [0.05, 0.1) is 6.04 Å². The topological polar surface area (TPSA) is 42.0 Å². The monoisotopic (exact) mass is 268 g/mol. The largest absolute Gasteiger partial charge is 0.345 e. The fourth-order valence-corrected chi connectivity index (χ4v) is 2.12. The maximum Gasteiger partial charge on any atom is 0.220 e. The number of hydrogen-bond donors (Lipinski definition) is 1. The number of amides is 1. The number of aromatic nitrogens is 1. The Morgan fingerprint density at radius 2 is 1.95 bits per heavy atom. The zero-order valence-corrected chi connectivity index (χ0v) is 12.0. The Morgan fingerprint density at radius 1 is 1.20 bits per heavy atom. The first-order chi connectivity index (χ1) is 9.70. The lowest BCUT2D eigenvalue weighted by molar-refractivity contribution is -0.121. The van der Waals surface area contributed by atoms with E-state index in [4.69, 9.17) is 0 Å². The molecule has 104 valence electrons. The number of carbonyl (C=O) groups is 1. The Balaban J connectivity index is 2.29. The molecule has 0 aliphatic rings. The predicted octanol–water partition coefficient (Wildman–Crippen LogP) is 3.40. The van der Waals surface area contributed by atoms with Crippen molar-refractivity contribution in [2.45, 2.75) is 32.7 Å². The molecule has 0 bridgehead atoms. The van der Waals surface area contributed by atoms with Gasteiger partial charge in [0.25, 0.3) is 0 Å². The predicted molar refractivity (Wildman–Crippen MR) is 80.3 cm³/mol. The molecule has 0 radical (unpaired) electrons. The van der Waals surface area contributed by atoms with E-state index in [1.807, 2.05) is 19.1 Å². The molecule has 2 rings (SSSR count). The summed E-state index contributed by atoms with van der Waals surface area (Å²) in [5, 5.41) is 3.09. The van der Waals surface area contributed by atoms with Crippen LogP contribution in [0, 0.1) is 6.92 Å². The summed E-state index contributed by atoms with van der Waals surface area (Å²) in [6.45, 7) is 4.06. The van der Waals surface area contributed by atoms with Gasteiger partial charge in [0, 0.05) is 18.8 Å². The number of aryl methyl sites for hydroxylation is 1. The van der Waals surface area contributed by atoms with Gasteiger partial charge in [0.2, 0.25) is 5.91 Å². The highest BCUT2D eigenvalue weighted by molar-refractivity contribution is 5.76. The average molecular weight is 268 g/mol. The molecule has 1 aromatic carbocycles. The molecule has 20 heavy (non-hydrogen) atoms. The van der Waals surface area contributed by atoms with Gasteiger partial charge >= 0.3 is 0 Å². The van der Waals surface area contributed by atoms with Crippen LogP contribution in [0.3, 0.4) is 0 Å². The maximum absolute atomic E-state index is 11.9. The lowest BCUT2D eigenvalue weighted by Crippen LogP contribution is -2.29. The van der Waals surface area contributed by atoms with E-state index in [1.54, 1.807) is 12.4 Å². The van der Waals surface area contributed by atoms with Crippen molar-refractivity contribution in [1.29, 1.82) is 0 Å². The number of benzene rings is 1. The van der Waals surface area contributed by atoms with Gasteiger partial charge in [-0.15, -0.1) is 0 Å². The summed E-state index contributed by atoms with van der Waals surface area (Å²) in [5.74, 6) is 0.0712. The molecule has 0 saturated carbocycles. The van der Waals surface area contributed by atoms with Crippen molar-refractivity contribution in [3.05, 3.63) is 65.5 Å². The Morgan fingerprint density at radius 3 is 2.55 bits per heavy atom. The fourth-order valence-electron chi connectivity index (χ4n) is 2.12. The molecular weight excluding hydrogens is 248 g/mol. The number of nitrogens with one attached hydrogen (secondary N) is 1. The quantitative estimate of drug-likeness (QED) is 0.903. The van der Waals surface area contributed by atoms with Crippen LogP contribution >= 0.6 is 0 Å². The normalized spacial score (nSPS) is 11.9. The molecule has 1 atom stereocenters. The van der Waals surface area contributed by atoms with Crippen molar-refractivity contribution in [1.82, 2.24) is 10.3 Å². The molecular formula is C17H20N2O. The summed E-state index contributed by atoms with van der Waals surface area (Å²) in [7, 11) is 0. The SMILES string of the molecule is CCCC(=O)NC(c1ccc(C)cc1)c1cccnc1. The van der Waals surface area contributed by atoms with Crippen molar-refractivity contribution in [3.8, 4) is 0 Å². The number of pyridine rings is 1.